The molecule has 0 spiro atoms. The molecule has 1 aliphatic rings. The van der Waals surface area contributed by atoms with Gasteiger partial charge in [-0.05, 0) is 17.5 Å². The number of phenolic OH excluding ortho intramolecular Hbond substituents is 1. The number of hydrogen-bond donors (Lipinski definition) is 1. The first-order valence-electron chi connectivity index (χ1n) is 6.89. The van der Waals surface area contributed by atoms with Gasteiger partial charge in [0.1, 0.15) is 0 Å². The maximum Gasteiger partial charge on any atom is 0.240 e. The van der Waals surface area contributed by atoms with Crippen LogP contribution in [0, 0.1) is 0 Å². The number of aromatic hydroxyl groups is 1. The number of hydrogen-bond acceptors (Lipinski definition) is 5. The van der Waals surface area contributed by atoms with Crippen molar-refractivity contribution in [1.29, 1.82) is 0 Å². The molecule has 1 aromatic carbocycles. The zero-order chi connectivity index (χ0) is 15.7. The number of phenols is 1. The summed E-state index contributed by atoms with van der Waals surface area (Å²) in [7, 11) is 1.50. The lowest BCUT2D eigenvalue weighted by atomic mass is 10.00. The van der Waals surface area contributed by atoms with Crippen molar-refractivity contribution < 1.29 is 14.6 Å². The van der Waals surface area contributed by atoms with Gasteiger partial charge in [0.05, 0.1) is 23.7 Å². The van der Waals surface area contributed by atoms with Gasteiger partial charge >= 0.3 is 0 Å². The molecular weight excluding hydrogens is 300 g/mol. The lowest BCUT2D eigenvalue weighted by molar-refractivity contribution is -0.130. The molecule has 0 bridgehead atoms. The van der Waals surface area contributed by atoms with Gasteiger partial charge in [-0.2, -0.15) is 5.10 Å². The SMILES string of the molecule is COc1cccc([C@@H]2CC(c3cccs3)=NN2C(C)=O)c1O. The minimum Gasteiger partial charge on any atom is -0.504 e. The van der Waals surface area contributed by atoms with Crippen molar-refractivity contribution >= 4 is 23.0 Å². The molecule has 114 valence electrons. The quantitative estimate of drug-likeness (QED) is 0.946. The first-order valence-corrected chi connectivity index (χ1v) is 7.76. The van der Waals surface area contributed by atoms with Gasteiger partial charge in [0.25, 0.3) is 0 Å². The van der Waals surface area contributed by atoms with Crippen molar-refractivity contribution in [2.45, 2.75) is 19.4 Å². The zero-order valence-electron chi connectivity index (χ0n) is 12.3. The van der Waals surface area contributed by atoms with Gasteiger partial charge in [-0.15, -0.1) is 11.3 Å². The van der Waals surface area contributed by atoms with E-state index in [9.17, 15) is 9.90 Å². The van der Waals surface area contributed by atoms with Crippen molar-refractivity contribution in [3.8, 4) is 11.5 Å². The summed E-state index contributed by atoms with van der Waals surface area (Å²) < 4.78 is 5.15. The monoisotopic (exact) mass is 316 g/mol. The van der Waals surface area contributed by atoms with Crippen LogP contribution in [0.15, 0.2) is 40.8 Å². The topological polar surface area (TPSA) is 62.1 Å². The molecule has 2 heterocycles. The number of amides is 1. The molecular formula is C16H16N2O3S. The first kappa shape index (κ1) is 14.6. The van der Waals surface area contributed by atoms with Gasteiger partial charge < -0.3 is 9.84 Å². The van der Waals surface area contributed by atoms with Crippen LogP contribution in [-0.2, 0) is 4.79 Å². The van der Waals surface area contributed by atoms with Crippen LogP contribution in [0.5, 0.6) is 11.5 Å². The van der Waals surface area contributed by atoms with E-state index in [0.717, 1.165) is 10.6 Å². The molecule has 22 heavy (non-hydrogen) atoms. The summed E-state index contributed by atoms with van der Waals surface area (Å²) in [6.45, 7) is 1.48. The Morgan fingerprint density at radius 3 is 2.86 bits per heavy atom. The molecule has 1 N–H and O–H groups in total. The Morgan fingerprint density at radius 2 is 2.23 bits per heavy atom. The number of nitrogens with zero attached hydrogens (tertiary/aromatic N) is 2. The Kier molecular flexibility index (Phi) is 3.85. The maximum atomic E-state index is 11.9. The van der Waals surface area contributed by atoms with E-state index in [4.69, 9.17) is 4.74 Å². The molecule has 6 heteroatoms. The fourth-order valence-electron chi connectivity index (χ4n) is 2.61. The van der Waals surface area contributed by atoms with Crippen molar-refractivity contribution in [2.75, 3.05) is 7.11 Å². The van der Waals surface area contributed by atoms with E-state index >= 15 is 0 Å². The second kappa shape index (κ2) is 5.81. The third-order valence-electron chi connectivity index (χ3n) is 3.65. The van der Waals surface area contributed by atoms with Gasteiger partial charge in [0.15, 0.2) is 11.5 Å². The lowest BCUT2D eigenvalue weighted by Gasteiger charge is -2.22. The summed E-state index contributed by atoms with van der Waals surface area (Å²) in [6, 6.07) is 8.91. The van der Waals surface area contributed by atoms with E-state index in [2.05, 4.69) is 5.10 Å². The van der Waals surface area contributed by atoms with Gasteiger partial charge in [0.2, 0.25) is 5.91 Å². The number of rotatable bonds is 3. The van der Waals surface area contributed by atoms with Crippen molar-refractivity contribution in [3.05, 3.63) is 46.2 Å². The third kappa shape index (κ3) is 2.46. The molecule has 1 amide bonds. The van der Waals surface area contributed by atoms with E-state index in [1.165, 1.54) is 19.0 Å². The van der Waals surface area contributed by atoms with Crippen LogP contribution in [0.4, 0.5) is 0 Å². The number of ether oxygens (including phenoxy) is 1. The van der Waals surface area contributed by atoms with Gasteiger partial charge in [0, 0.05) is 18.9 Å². The smallest absolute Gasteiger partial charge is 0.240 e. The summed E-state index contributed by atoms with van der Waals surface area (Å²) in [5.41, 5.74) is 1.50. The Labute approximate surface area is 132 Å². The largest absolute Gasteiger partial charge is 0.504 e. The molecule has 1 aromatic heterocycles. The molecule has 1 atom stereocenters. The standard InChI is InChI=1S/C16H16N2O3S/c1-10(19)18-13(9-12(17-18)15-7-4-8-22-15)11-5-3-6-14(21-2)16(11)20/h3-8,13,20H,9H2,1-2H3/t13-/m0/s1. The van der Waals surface area contributed by atoms with Crippen molar-refractivity contribution in [1.82, 2.24) is 5.01 Å². The van der Waals surface area contributed by atoms with Crippen LogP contribution in [0.2, 0.25) is 0 Å². The van der Waals surface area contributed by atoms with Gasteiger partial charge in [-0.25, -0.2) is 5.01 Å². The molecule has 5 nitrogen and oxygen atoms in total. The minimum atomic E-state index is -0.315. The number of hydrazone groups is 1. The number of para-hydroxylation sites is 1. The fourth-order valence-corrected chi connectivity index (χ4v) is 3.33. The summed E-state index contributed by atoms with van der Waals surface area (Å²) in [5, 5.41) is 18.2. The van der Waals surface area contributed by atoms with Crippen LogP contribution >= 0.6 is 11.3 Å². The molecule has 2 aromatic rings. The number of benzene rings is 1. The summed E-state index contributed by atoms with van der Waals surface area (Å²) in [6.07, 6.45) is 0.570. The van der Waals surface area contributed by atoms with Crippen LogP contribution in [0.3, 0.4) is 0 Å². The van der Waals surface area contributed by atoms with E-state index in [1.54, 1.807) is 29.5 Å². The zero-order valence-corrected chi connectivity index (χ0v) is 13.1. The van der Waals surface area contributed by atoms with Crippen molar-refractivity contribution in [3.63, 3.8) is 0 Å². The van der Waals surface area contributed by atoms with E-state index in [-0.39, 0.29) is 17.7 Å². The second-order valence-electron chi connectivity index (χ2n) is 5.01. The van der Waals surface area contributed by atoms with E-state index in [0.29, 0.717) is 17.7 Å². The van der Waals surface area contributed by atoms with Crippen LogP contribution < -0.4 is 4.74 Å². The summed E-state index contributed by atoms with van der Waals surface area (Å²) in [5.74, 6) is 0.299. The number of carbonyl (C=O) groups excluding carboxylic acids is 1. The van der Waals surface area contributed by atoms with E-state index in [1.807, 2.05) is 17.5 Å². The van der Waals surface area contributed by atoms with Crippen LogP contribution in [-0.4, -0.2) is 28.8 Å². The summed E-state index contributed by atoms with van der Waals surface area (Å²) in [4.78, 5) is 13.0. The van der Waals surface area contributed by atoms with Crippen LogP contribution in [0.1, 0.15) is 29.8 Å². The average molecular weight is 316 g/mol. The van der Waals surface area contributed by atoms with Crippen molar-refractivity contribution in [2.24, 2.45) is 5.10 Å². The predicted molar refractivity (Wildman–Crippen MR) is 85.4 cm³/mol. The molecule has 3 rings (SSSR count). The van der Waals surface area contributed by atoms with Gasteiger partial charge in [-0.1, -0.05) is 18.2 Å². The van der Waals surface area contributed by atoms with Crippen LogP contribution in [0.25, 0.3) is 0 Å². The fraction of sp³-hybridized carbons (Fsp3) is 0.250. The number of carbonyl (C=O) groups is 1. The molecule has 1 aliphatic heterocycles. The highest BCUT2D eigenvalue weighted by Gasteiger charge is 2.33. The molecule has 0 fully saturated rings. The van der Waals surface area contributed by atoms with E-state index < -0.39 is 0 Å². The highest BCUT2D eigenvalue weighted by Crippen LogP contribution is 2.41. The number of methoxy groups -OCH3 is 1. The molecule has 0 radical (unpaired) electrons. The maximum absolute atomic E-state index is 11.9. The first-order chi connectivity index (χ1) is 10.6. The number of thiophene rings is 1. The molecule has 0 unspecified atom stereocenters. The average Bonchev–Trinajstić information content (AvgIpc) is 3.16. The normalized spacial score (nSPS) is 17.5. The Morgan fingerprint density at radius 1 is 1.41 bits per heavy atom. The molecule has 0 aliphatic carbocycles. The second-order valence-corrected chi connectivity index (χ2v) is 5.95. The third-order valence-corrected chi connectivity index (χ3v) is 4.57. The van der Waals surface area contributed by atoms with Gasteiger partial charge in [-0.3, -0.25) is 4.79 Å². The Balaban J connectivity index is 1.99. The lowest BCUT2D eigenvalue weighted by Crippen LogP contribution is -2.24. The predicted octanol–water partition coefficient (Wildman–Crippen LogP) is 3.16. The minimum absolute atomic E-state index is 0.0591. The Hall–Kier alpha value is -2.34. The summed E-state index contributed by atoms with van der Waals surface area (Å²) >= 11 is 1.59. The molecule has 0 saturated heterocycles. The molecule has 0 saturated carbocycles. The highest BCUT2D eigenvalue weighted by atomic mass is 32.1. The Bertz CT molecular complexity index is 725. The highest BCUT2D eigenvalue weighted by molar-refractivity contribution is 7.12.